The number of hydrogen-bond acceptors (Lipinski definition) is 4. The Balaban J connectivity index is 2.06. The normalized spacial score (nSPS) is 12.3. The molecule has 2 aromatic carbocycles. The van der Waals surface area contributed by atoms with E-state index in [1.54, 1.807) is 16.8 Å². The summed E-state index contributed by atoms with van der Waals surface area (Å²) >= 11 is 0. The molecule has 6 nitrogen and oxygen atoms in total. The summed E-state index contributed by atoms with van der Waals surface area (Å²) in [6.07, 6.45) is 0. The van der Waals surface area contributed by atoms with Crippen molar-refractivity contribution in [2.45, 2.75) is 19.9 Å². The van der Waals surface area contributed by atoms with E-state index in [0.29, 0.717) is 5.69 Å². The predicted octanol–water partition coefficient (Wildman–Crippen LogP) is 3.96. The maximum atomic E-state index is 11.4. The number of rotatable bonds is 4. The van der Waals surface area contributed by atoms with Crippen molar-refractivity contribution in [2.24, 2.45) is 7.05 Å². The molecule has 0 aliphatic carbocycles. The highest BCUT2D eigenvalue weighted by atomic mass is 16.6. The summed E-state index contributed by atoms with van der Waals surface area (Å²) in [6.45, 7) is 3.84. The fraction of sp³-hybridized carbons (Fsp3) is 0.235. The SMILES string of the molecule is Cc1nn(C)c2cc(N[C@@H](C)c3ccccc3)c([N+](=O)[O-])cc12. The van der Waals surface area contributed by atoms with E-state index in [9.17, 15) is 10.1 Å². The third kappa shape index (κ3) is 2.75. The maximum absolute atomic E-state index is 11.4. The second-order valence-corrected chi connectivity index (χ2v) is 5.63. The molecule has 0 aliphatic heterocycles. The standard InChI is InChI=1S/C17H18N4O2/c1-11(13-7-5-4-6-8-13)18-15-10-16-14(9-17(15)21(22)23)12(2)19-20(16)3/h4-11,18H,1-3H3/t11-/m0/s1. The van der Waals surface area contributed by atoms with Crippen molar-refractivity contribution in [3.05, 3.63) is 63.8 Å². The summed E-state index contributed by atoms with van der Waals surface area (Å²) < 4.78 is 1.74. The lowest BCUT2D eigenvalue weighted by atomic mass is 10.1. The van der Waals surface area contributed by atoms with Crippen LogP contribution in [0.5, 0.6) is 0 Å². The van der Waals surface area contributed by atoms with Gasteiger partial charge < -0.3 is 5.32 Å². The van der Waals surface area contributed by atoms with Crippen LogP contribution in [0, 0.1) is 17.0 Å². The maximum Gasteiger partial charge on any atom is 0.293 e. The molecule has 0 radical (unpaired) electrons. The van der Waals surface area contributed by atoms with Crippen LogP contribution in [0.2, 0.25) is 0 Å². The molecule has 0 aliphatic rings. The molecule has 1 heterocycles. The van der Waals surface area contributed by atoms with E-state index in [2.05, 4.69) is 10.4 Å². The smallest absolute Gasteiger partial charge is 0.293 e. The molecule has 3 aromatic rings. The van der Waals surface area contributed by atoms with Gasteiger partial charge in [0.05, 0.1) is 16.1 Å². The van der Waals surface area contributed by atoms with E-state index in [1.165, 1.54) is 0 Å². The monoisotopic (exact) mass is 310 g/mol. The van der Waals surface area contributed by atoms with Gasteiger partial charge in [0, 0.05) is 24.5 Å². The van der Waals surface area contributed by atoms with Gasteiger partial charge in [0.2, 0.25) is 0 Å². The Labute approximate surface area is 133 Å². The zero-order valence-electron chi connectivity index (χ0n) is 13.3. The molecule has 23 heavy (non-hydrogen) atoms. The summed E-state index contributed by atoms with van der Waals surface area (Å²) in [7, 11) is 1.84. The summed E-state index contributed by atoms with van der Waals surface area (Å²) in [5, 5.41) is 19.8. The van der Waals surface area contributed by atoms with E-state index in [1.807, 2.05) is 51.2 Å². The summed E-state index contributed by atoms with van der Waals surface area (Å²) in [5.74, 6) is 0. The van der Waals surface area contributed by atoms with E-state index < -0.39 is 0 Å². The Kier molecular flexibility index (Phi) is 3.73. The van der Waals surface area contributed by atoms with Gasteiger partial charge in [-0.25, -0.2) is 0 Å². The summed E-state index contributed by atoms with van der Waals surface area (Å²) in [4.78, 5) is 11.1. The Morgan fingerprint density at radius 1 is 1.26 bits per heavy atom. The van der Waals surface area contributed by atoms with E-state index in [-0.39, 0.29) is 16.7 Å². The quantitative estimate of drug-likeness (QED) is 0.584. The van der Waals surface area contributed by atoms with Gasteiger partial charge in [-0.1, -0.05) is 30.3 Å². The van der Waals surface area contributed by atoms with Gasteiger partial charge in [0.15, 0.2) is 0 Å². The minimum Gasteiger partial charge on any atom is -0.373 e. The van der Waals surface area contributed by atoms with Gasteiger partial charge in [-0.3, -0.25) is 14.8 Å². The third-order valence-electron chi connectivity index (χ3n) is 4.02. The molecule has 0 amide bonds. The number of aromatic nitrogens is 2. The van der Waals surface area contributed by atoms with E-state index >= 15 is 0 Å². The molecule has 0 spiro atoms. The molecular weight excluding hydrogens is 292 g/mol. The van der Waals surface area contributed by atoms with Crippen molar-refractivity contribution in [1.29, 1.82) is 0 Å². The first-order chi connectivity index (χ1) is 11.0. The number of nitro groups is 1. The first-order valence-electron chi connectivity index (χ1n) is 7.40. The van der Waals surface area contributed by atoms with Crippen LogP contribution in [0.4, 0.5) is 11.4 Å². The minimum absolute atomic E-state index is 0.0401. The van der Waals surface area contributed by atoms with Crippen LogP contribution in [-0.4, -0.2) is 14.7 Å². The molecule has 6 heteroatoms. The first kappa shape index (κ1) is 15.0. The topological polar surface area (TPSA) is 73.0 Å². The predicted molar refractivity (Wildman–Crippen MR) is 90.6 cm³/mol. The Hall–Kier alpha value is -2.89. The number of nitro benzene ring substituents is 1. The lowest BCUT2D eigenvalue weighted by Gasteiger charge is -2.16. The molecule has 0 bridgehead atoms. The average molecular weight is 310 g/mol. The lowest BCUT2D eigenvalue weighted by molar-refractivity contribution is -0.383. The number of nitrogens with one attached hydrogen (secondary N) is 1. The number of nitrogens with zero attached hydrogens (tertiary/aromatic N) is 3. The van der Waals surface area contributed by atoms with Gasteiger partial charge in [0.25, 0.3) is 5.69 Å². The van der Waals surface area contributed by atoms with Crippen LogP contribution in [0.1, 0.15) is 24.2 Å². The van der Waals surface area contributed by atoms with Crippen molar-refractivity contribution >= 4 is 22.3 Å². The highest BCUT2D eigenvalue weighted by molar-refractivity contribution is 5.89. The highest BCUT2D eigenvalue weighted by Gasteiger charge is 2.20. The zero-order valence-corrected chi connectivity index (χ0v) is 13.3. The van der Waals surface area contributed by atoms with Gasteiger partial charge >= 0.3 is 0 Å². The number of hydrogen-bond donors (Lipinski definition) is 1. The summed E-state index contributed by atoms with van der Waals surface area (Å²) in [5.41, 5.74) is 3.30. The van der Waals surface area contributed by atoms with Gasteiger partial charge in [-0.05, 0) is 25.5 Å². The number of benzene rings is 2. The molecule has 0 unspecified atom stereocenters. The van der Waals surface area contributed by atoms with Gasteiger partial charge in [0.1, 0.15) is 5.69 Å². The van der Waals surface area contributed by atoms with Crippen LogP contribution in [0.3, 0.4) is 0 Å². The molecule has 0 fully saturated rings. The van der Waals surface area contributed by atoms with Crippen molar-refractivity contribution < 1.29 is 4.92 Å². The van der Waals surface area contributed by atoms with Crippen molar-refractivity contribution in [2.75, 3.05) is 5.32 Å². The van der Waals surface area contributed by atoms with E-state index in [0.717, 1.165) is 22.2 Å². The van der Waals surface area contributed by atoms with Crippen LogP contribution < -0.4 is 5.32 Å². The fourth-order valence-electron chi connectivity index (χ4n) is 2.79. The molecule has 1 N–H and O–H groups in total. The van der Waals surface area contributed by atoms with Crippen molar-refractivity contribution in [3.8, 4) is 0 Å². The van der Waals surface area contributed by atoms with E-state index in [4.69, 9.17) is 0 Å². The Morgan fingerprint density at radius 2 is 1.96 bits per heavy atom. The minimum atomic E-state index is -0.355. The molecular formula is C17H18N4O2. The Bertz CT molecular complexity index is 871. The third-order valence-corrected chi connectivity index (χ3v) is 4.02. The number of fused-ring (bicyclic) bond motifs is 1. The fourth-order valence-corrected chi connectivity index (χ4v) is 2.79. The molecule has 0 saturated carbocycles. The second kappa shape index (κ2) is 5.72. The Morgan fingerprint density at radius 3 is 2.61 bits per heavy atom. The number of anilines is 1. The lowest BCUT2D eigenvalue weighted by Crippen LogP contribution is -2.08. The molecule has 0 saturated heterocycles. The van der Waals surface area contributed by atoms with Gasteiger partial charge in [-0.2, -0.15) is 5.10 Å². The van der Waals surface area contributed by atoms with Gasteiger partial charge in [-0.15, -0.1) is 0 Å². The van der Waals surface area contributed by atoms with Crippen LogP contribution in [0.25, 0.3) is 10.9 Å². The highest BCUT2D eigenvalue weighted by Crippen LogP contribution is 2.33. The second-order valence-electron chi connectivity index (χ2n) is 5.63. The molecule has 3 rings (SSSR count). The molecule has 1 atom stereocenters. The van der Waals surface area contributed by atoms with Crippen molar-refractivity contribution in [3.63, 3.8) is 0 Å². The summed E-state index contributed by atoms with van der Waals surface area (Å²) in [6, 6.07) is 13.2. The average Bonchev–Trinajstić information content (AvgIpc) is 2.81. The van der Waals surface area contributed by atoms with Crippen LogP contribution in [0.15, 0.2) is 42.5 Å². The first-order valence-corrected chi connectivity index (χ1v) is 7.40. The zero-order chi connectivity index (χ0) is 16.6. The molecule has 1 aromatic heterocycles. The molecule has 118 valence electrons. The number of aryl methyl sites for hydroxylation is 2. The van der Waals surface area contributed by atoms with Crippen LogP contribution in [-0.2, 0) is 7.05 Å². The van der Waals surface area contributed by atoms with Crippen LogP contribution >= 0.6 is 0 Å². The van der Waals surface area contributed by atoms with Crippen molar-refractivity contribution in [1.82, 2.24) is 9.78 Å². The largest absolute Gasteiger partial charge is 0.373 e.